The lowest BCUT2D eigenvalue weighted by molar-refractivity contribution is 0.415. The molecule has 0 heterocycles. The van der Waals surface area contributed by atoms with E-state index in [1.54, 1.807) is 7.11 Å². The smallest absolute Gasteiger partial charge is 0.118 e. The van der Waals surface area contributed by atoms with Crippen molar-refractivity contribution < 1.29 is 4.74 Å². The molecule has 2 aromatic carbocycles. The van der Waals surface area contributed by atoms with Crippen LogP contribution in [-0.2, 0) is 6.42 Å². The van der Waals surface area contributed by atoms with Crippen LogP contribution in [0.1, 0.15) is 43.5 Å². The van der Waals surface area contributed by atoms with Crippen LogP contribution >= 0.6 is 0 Å². The average Bonchev–Trinajstić information content (AvgIpc) is 2.53. The highest BCUT2D eigenvalue weighted by atomic mass is 16.5. The Morgan fingerprint density at radius 2 is 1.59 bits per heavy atom. The van der Waals surface area contributed by atoms with Crippen molar-refractivity contribution in [2.24, 2.45) is 10.9 Å². The lowest BCUT2D eigenvalue weighted by atomic mass is 10.00. The summed E-state index contributed by atoms with van der Waals surface area (Å²) in [7, 11) is 1.67. The molecule has 0 fully saturated rings. The number of benzene rings is 2. The molecule has 2 heteroatoms. The fourth-order valence-corrected chi connectivity index (χ4v) is 2.38. The SMILES string of the molecule is COc1ccc(C=NC(C)c2ccc(CC(C)C)cc2)cc1. The van der Waals surface area contributed by atoms with Gasteiger partial charge in [0.15, 0.2) is 0 Å². The van der Waals surface area contributed by atoms with Crippen molar-refractivity contribution in [2.45, 2.75) is 33.2 Å². The molecule has 0 aliphatic rings. The second kappa shape index (κ2) is 7.79. The number of rotatable bonds is 6. The summed E-state index contributed by atoms with van der Waals surface area (Å²) in [6, 6.07) is 16.9. The highest BCUT2D eigenvalue weighted by Crippen LogP contribution is 2.19. The van der Waals surface area contributed by atoms with E-state index < -0.39 is 0 Å². The topological polar surface area (TPSA) is 21.6 Å². The van der Waals surface area contributed by atoms with Gasteiger partial charge in [-0.15, -0.1) is 0 Å². The Hall–Kier alpha value is -2.09. The van der Waals surface area contributed by atoms with Crippen LogP contribution in [0.25, 0.3) is 0 Å². The summed E-state index contributed by atoms with van der Waals surface area (Å²) in [6.45, 7) is 6.61. The fourth-order valence-electron chi connectivity index (χ4n) is 2.38. The molecule has 0 aliphatic carbocycles. The molecule has 0 N–H and O–H groups in total. The molecule has 2 aromatic rings. The molecule has 2 rings (SSSR count). The Morgan fingerprint density at radius 3 is 2.14 bits per heavy atom. The molecule has 0 bridgehead atoms. The number of hydrogen-bond donors (Lipinski definition) is 0. The molecule has 22 heavy (non-hydrogen) atoms. The molecule has 0 aromatic heterocycles. The first kappa shape index (κ1) is 16.3. The first-order chi connectivity index (χ1) is 10.6. The quantitative estimate of drug-likeness (QED) is 0.681. The fraction of sp³-hybridized carbons (Fsp3) is 0.350. The number of ether oxygens (including phenoxy) is 1. The Labute approximate surface area is 133 Å². The predicted molar refractivity (Wildman–Crippen MR) is 94.0 cm³/mol. The van der Waals surface area contributed by atoms with Crippen molar-refractivity contribution in [1.29, 1.82) is 0 Å². The van der Waals surface area contributed by atoms with Crippen LogP contribution in [0.4, 0.5) is 0 Å². The van der Waals surface area contributed by atoms with Gasteiger partial charge in [0.2, 0.25) is 0 Å². The van der Waals surface area contributed by atoms with Gasteiger partial charge in [-0.3, -0.25) is 4.99 Å². The zero-order chi connectivity index (χ0) is 15.9. The van der Waals surface area contributed by atoms with Crippen LogP contribution in [0, 0.1) is 5.92 Å². The highest BCUT2D eigenvalue weighted by molar-refractivity contribution is 5.79. The van der Waals surface area contributed by atoms with Crippen molar-refractivity contribution in [3.63, 3.8) is 0 Å². The van der Waals surface area contributed by atoms with Crippen molar-refractivity contribution in [1.82, 2.24) is 0 Å². The van der Waals surface area contributed by atoms with E-state index in [9.17, 15) is 0 Å². The molecular weight excluding hydrogens is 270 g/mol. The van der Waals surface area contributed by atoms with E-state index in [-0.39, 0.29) is 6.04 Å². The summed E-state index contributed by atoms with van der Waals surface area (Å²) in [4.78, 5) is 4.64. The summed E-state index contributed by atoms with van der Waals surface area (Å²) in [6.07, 6.45) is 3.05. The molecule has 2 nitrogen and oxygen atoms in total. The zero-order valence-corrected chi connectivity index (χ0v) is 13.9. The van der Waals surface area contributed by atoms with Gasteiger partial charge >= 0.3 is 0 Å². The molecule has 0 aliphatic heterocycles. The number of methoxy groups -OCH3 is 1. The lowest BCUT2D eigenvalue weighted by Gasteiger charge is -2.09. The third kappa shape index (κ3) is 4.73. The maximum Gasteiger partial charge on any atom is 0.118 e. The van der Waals surface area contributed by atoms with Crippen LogP contribution in [0.3, 0.4) is 0 Å². The van der Waals surface area contributed by atoms with E-state index in [1.807, 2.05) is 30.5 Å². The van der Waals surface area contributed by atoms with Gasteiger partial charge in [-0.1, -0.05) is 38.1 Å². The summed E-state index contributed by atoms with van der Waals surface area (Å²) in [5.74, 6) is 1.56. The molecular formula is C20H25NO. The Balaban J connectivity index is 2.01. The lowest BCUT2D eigenvalue weighted by Crippen LogP contribution is -1.96. The highest BCUT2D eigenvalue weighted by Gasteiger charge is 2.03. The largest absolute Gasteiger partial charge is 0.497 e. The maximum absolute atomic E-state index is 5.16. The molecule has 0 saturated heterocycles. The van der Waals surface area contributed by atoms with Crippen LogP contribution in [0.15, 0.2) is 53.5 Å². The maximum atomic E-state index is 5.16. The number of hydrogen-bond acceptors (Lipinski definition) is 2. The minimum Gasteiger partial charge on any atom is -0.497 e. The van der Waals surface area contributed by atoms with Crippen molar-refractivity contribution in [3.8, 4) is 5.75 Å². The molecule has 116 valence electrons. The molecule has 1 unspecified atom stereocenters. The number of nitrogens with zero attached hydrogens (tertiary/aromatic N) is 1. The third-order valence-corrected chi connectivity index (χ3v) is 3.67. The van der Waals surface area contributed by atoms with Gasteiger partial charge in [0.1, 0.15) is 5.75 Å². The van der Waals surface area contributed by atoms with Crippen LogP contribution in [0.2, 0.25) is 0 Å². The van der Waals surface area contributed by atoms with Gasteiger partial charge in [-0.2, -0.15) is 0 Å². The van der Waals surface area contributed by atoms with Gasteiger partial charge in [0.05, 0.1) is 13.2 Å². The van der Waals surface area contributed by atoms with E-state index >= 15 is 0 Å². The van der Waals surface area contributed by atoms with E-state index in [0.29, 0.717) is 5.92 Å². The Morgan fingerprint density at radius 1 is 0.955 bits per heavy atom. The summed E-state index contributed by atoms with van der Waals surface area (Å²) in [5, 5.41) is 0. The summed E-state index contributed by atoms with van der Waals surface area (Å²) < 4.78 is 5.16. The predicted octanol–water partition coefficient (Wildman–Crippen LogP) is 5.07. The number of aliphatic imine (C=N–C) groups is 1. The van der Waals surface area contributed by atoms with Crippen molar-refractivity contribution >= 4 is 6.21 Å². The van der Waals surface area contributed by atoms with E-state index in [1.165, 1.54) is 11.1 Å². The van der Waals surface area contributed by atoms with E-state index in [2.05, 4.69) is 50.0 Å². The first-order valence-electron chi connectivity index (χ1n) is 7.84. The molecule has 0 saturated carbocycles. The normalized spacial score (nSPS) is 12.8. The van der Waals surface area contributed by atoms with Crippen molar-refractivity contribution in [2.75, 3.05) is 7.11 Å². The standard InChI is InChI=1S/C20H25NO/c1-15(2)13-17-5-9-19(10-6-17)16(3)21-14-18-7-11-20(22-4)12-8-18/h5-12,14-16H,13H2,1-4H3. The van der Waals surface area contributed by atoms with Gasteiger partial charge in [0, 0.05) is 6.21 Å². The van der Waals surface area contributed by atoms with Gasteiger partial charge in [0.25, 0.3) is 0 Å². The summed E-state index contributed by atoms with van der Waals surface area (Å²) in [5.41, 5.74) is 3.73. The monoisotopic (exact) mass is 295 g/mol. The first-order valence-corrected chi connectivity index (χ1v) is 7.84. The molecule has 1 atom stereocenters. The second-order valence-corrected chi connectivity index (χ2v) is 6.07. The van der Waals surface area contributed by atoms with E-state index in [0.717, 1.165) is 17.7 Å². The van der Waals surface area contributed by atoms with Gasteiger partial charge in [-0.25, -0.2) is 0 Å². The summed E-state index contributed by atoms with van der Waals surface area (Å²) >= 11 is 0. The second-order valence-electron chi connectivity index (χ2n) is 6.07. The minimum absolute atomic E-state index is 0.162. The van der Waals surface area contributed by atoms with Crippen LogP contribution in [0.5, 0.6) is 5.75 Å². The Bertz CT molecular complexity index is 597. The van der Waals surface area contributed by atoms with Crippen LogP contribution < -0.4 is 4.74 Å². The third-order valence-electron chi connectivity index (χ3n) is 3.67. The molecule has 0 spiro atoms. The van der Waals surface area contributed by atoms with Crippen molar-refractivity contribution in [3.05, 3.63) is 65.2 Å². The minimum atomic E-state index is 0.162. The molecule has 0 amide bonds. The molecule has 0 radical (unpaired) electrons. The zero-order valence-electron chi connectivity index (χ0n) is 13.9. The van der Waals surface area contributed by atoms with Crippen LogP contribution in [-0.4, -0.2) is 13.3 Å². The van der Waals surface area contributed by atoms with Gasteiger partial charge < -0.3 is 4.74 Å². The average molecular weight is 295 g/mol. The van der Waals surface area contributed by atoms with E-state index in [4.69, 9.17) is 4.74 Å². The Kier molecular flexibility index (Phi) is 5.76. The van der Waals surface area contributed by atoms with Gasteiger partial charge in [-0.05, 0) is 60.2 Å².